The van der Waals surface area contributed by atoms with E-state index in [0.29, 0.717) is 6.42 Å². The fraction of sp³-hybridized carbons (Fsp3) is 0.500. The molecule has 0 heterocycles. The molecule has 18 heavy (non-hydrogen) atoms. The summed E-state index contributed by atoms with van der Waals surface area (Å²) < 4.78 is 40.2. The molecule has 0 radical (unpaired) electrons. The van der Waals surface area contributed by atoms with E-state index in [4.69, 9.17) is 5.73 Å². The number of nitrogen functional groups attached to an aromatic ring is 1. The molecule has 0 aliphatic rings. The Morgan fingerprint density at radius 1 is 1.39 bits per heavy atom. The Balaban J connectivity index is 3.22. The predicted octanol–water partition coefficient (Wildman–Crippen LogP) is 2.18. The van der Waals surface area contributed by atoms with Gasteiger partial charge in [0, 0.05) is 16.8 Å². The van der Waals surface area contributed by atoms with Gasteiger partial charge in [-0.2, -0.15) is 0 Å². The molecule has 0 atom stereocenters. The van der Waals surface area contributed by atoms with E-state index in [1.165, 1.54) is 13.0 Å². The third-order valence-electron chi connectivity index (χ3n) is 2.96. The van der Waals surface area contributed by atoms with Crippen LogP contribution in [0.4, 0.5) is 10.1 Å². The predicted molar refractivity (Wildman–Crippen MR) is 70.2 cm³/mol. The van der Waals surface area contributed by atoms with E-state index in [0.717, 1.165) is 6.07 Å². The van der Waals surface area contributed by atoms with E-state index in [1.807, 2.05) is 6.92 Å². The lowest BCUT2D eigenvalue weighted by Gasteiger charge is -2.24. The molecule has 0 aliphatic carbocycles. The van der Waals surface area contributed by atoms with Crippen molar-refractivity contribution in [3.05, 3.63) is 23.5 Å². The van der Waals surface area contributed by atoms with Crippen LogP contribution >= 0.6 is 0 Å². The van der Waals surface area contributed by atoms with Crippen LogP contribution in [0.5, 0.6) is 0 Å². The van der Waals surface area contributed by atoms with Crippen molar-refractivity contribution in [1.29, 1.82) is 0 Å². The fourth-order valence-corrected chi connectivity index (χ4v) is 2.85. The second-order valence-electron chi connectivity index (χ2n) is 4.96. The Morgan fingerprint density at radius 2 is 1.94 bits per heavy atom. The van der Waals surface area contributed by atoms with Gasteiger partial charge in [0.2, 0.25) is 10.0 Å². The summed E-state index contributed by atoms with van der Waals surface area (Å²) in [5.74, 6) is -0.621. The van der Waals surface area contributed by atoms with Crippen LogP contribution in [0.1, 0.15) is 32.8 Å². The minimum Gasteiger partial charge on any atom is -0.398 e. The number of sulfonamides is 1. The van der Waals surface area contributed by atoms with Crippen molar-refractivity contribution in [3.63, 3.8) is 0 Å². The summed E-state index contributed by atoms with van der Waals surface area (Å²) >= 11 is 0. The SMILES string of the molecule is CCC(C)(C)NS(=O)(=O)c1cc(N)c(C)c(F)c1. The molecule has 1 aromatic rings. The first-order valence-electron chi connectivity index (χ1n) is 5.68. The molecule has 1 aromatic carbocycles. The van der Waals surface area contributed by atoms with Gasteiger partial charge < -0.3 is 5.73 Å². The summed E-state index contributed by atoms with van der Waals surface area (Å²) in [6.45, 7) is 6.90. The topological polar surface area (TPSA) is 72.2 Å². The maximum atomic E-state index is 13.5. The molecule has 0 saturated heterocycles. The van der Waals surface area contributed by atoms with Crippen LogP contribution in [-0.2, 0) is 10.0 Å². The number of hydrogen-bond acceptors (Lipinski definition) is 3. The van der Waals surface area contributed by atoms with Crippen LogP contribution in [0.3, 0.4) is 0 Å². The summed E-state index contributed by atoms with van der Waals surface area (Å²) in [6, 6.07) is 2.26. The van der Waals surface area contributed by atoms with Gasteiger partial charge in [0.1, 0.15) is 5.82 Å². The van der Waals surface area contributed by atoms with Crippen LogP contribution in [0, 0.1) is 12.7 Å². The van der Waals surface area contributed by atoms with Gasteiger partial charge in [0.25, 0.3) is 0 Å². The van der Waals surface area contributed by atoms with Crippen molar-refractivity contribution in [2.45, 2.75) is 44.6 Å². The Labute approximate surface area is 107 Å². The lowest BCUT2D eigenvalue weighted by Crippen LogP contribution is -2.42. The summed E-state index contributed by atoms with van der Waals surface area (Å²) in [6.07, 6.45) is 0.621. The Kier molecular flexibility index (Phi) is 4.02. The van der Waals surface area contributed by atoms with E-state index >= 15 is 0 Å². The average Bonchev–Trinajstić information content (AvgIpc) is 2.23. The molecule has 0 aromatic heterocycles. The second-order valence-corrected chi connectivity index (χ2v) is 6.64. The third kappa shape index (κ3) is 3.20. The van der Waals surface area contributed by atoms with Crippen molar-refractivity contribution in [1.82, 2.24) is 4.72 Å². The molecule has 102 valence electrons. The highest BCUT2D eigenvalue weighted by molar-refractivity contribution is 7.89. The first-order chi connectivity index (χ1) is 8.09. The smallest absolute Gasteiger partial charge is 0.241 e. The van der Waals surface area contributed by atoms with E-state index in [2.05, 4.69) is 4.72 Å². The molecule has 1 rings (SSSR count). The summed E-state index contributed by atoms with van der Waals surface area (Å²) in [5.41, 5.74) is 5.38. The number of hydrogen-bond donors (Lipinski definition) is 2. The van der Waals surface area contributed by atoms with Gasteiger partial charge in [0.15, 0.2) is 0 Å². The largest absolute Gasteiger partial charge is 0.398 e. The van der Waals surface area contributed by atoms with Gasteiger partial charge in [0.05, 0.1) is 4.90 Å². The maximum Gasteiger partial charge on any atom is 0.241 e. The Hall–Kier alpha value is -1.14. The van der Waals surface area contributed by atoms with Gasteiger partial charge in [-0.1, -0.05) is 6.92 Å². The van der Waals surface area contributed by atoms with Crippen LogP contribution in [0.25, 0.3) is 0 Å². The van der Waals surface area contributed by atoms with Crippen LogP contribution < -0.4 is 10.5 Å². The minimum atomic E-state index is -3.76. The lowest BCUT2D eigenvalue weighted by atomic mass is 10.0. The van der Waals surface area contributed by atoms with Crippen LogP contribution in [0.15, 0.2) is 17.0 Å². The Bertz CT molecular complexity index is 530. The molecule has 0 fully saturated rings. The number of rotatable bonds is 4. The highest BCUT2D eigenvalue weighted by Gasteiger charge is 2.25. The first-order valence-corrected chi connectivity index (χ1v) is 7.17. The van der Waals surface area contributed by atoms with E-state index in [1.54, 1.807) is 13.8 Å². The molecule has 0 bridgehead atoms. The monoisotopic (exact) mass is 274 g/mol. The molecule has 0 amide bonds. The van der Waals surface area contributed by atoms with Gasteiger partial charge in [-0.05, 0) is 39.3 Å². The van der Waals surface area contributed by atoms with Gasteiger partial charge in [-0.15, -0.1) is 0 Å². The minimum absolute atomic E-state index is 0.129. The van der Waals surface area contributed by atoms with Crippen molar-refractivity contribution < 1.29 is 12.8 Å². The molecule has 6 heteroatoms. The second kappa shape index (κ2) is 4.85. The molecule has 0 spiro atoms. The molecule has 0 aliphatic heterocycles. The summed E-state index contributed by atoms with van der Waals surface area (Å²) in [4.78, 5) is -0.148. The fourth-order valence-electron chi connectivity index (χ4n) is 1.32. The normalized spacial score (nSPS) is 12.7. The molecule has 0 saturated carbocycles. The van der Waals surface area contributed by atoms with E-state index in [9.17, 15) is 12.8 Å². The summed E-state index contributed by atoms with van der Waals surface area (Å²) in [5, 5.41) is 0. The average molecular weight is 274 g/mol. The molecular formula is C12H19FN2O2S. The Morgan fingerprint density at radius 3 is 2.39 bits per heavy atom. The van der Waals surface area contributed by atoms with Crippen molar-refractivity contribution in [3.8, 4) is 0 Å². The quantitative estimate of drug-likeness (QED) is 0.827. The summed E-state index contributed by atoms with van der Waals surface area (Å²) in [7, 11) is -3.76. The van der Waals surface area contributed by atoms with Crippen LogP contribution in [0.2, 0.25) is 0 Å². The van der Waals surface area contributed by atoms with Crippen molar-refractivity contribution in [2.24, 2.45) is 0 Å². The van der Waals surface area contributed by atoms with E-state index < -0.39 is 21.4 Å². The van der Waals surface area contributed by atoms with Crippen molar-refractivity contribution >= 4 is 15.7 Å². The number of nitrogens with one attached hydrogen (secondary N) is 1. The zero-order valence-corrected chi connectivity index (χ0v) is 11.9. The third-order valence-corrected chi connectivity index (χ3v) is 4.64. The van der Waals surface area contributed by atoms with Crippen molar-refractivity contribution in [2.75, 3.05) is 5.73 Å². The number of halogens is 1. The standard InChI is InChI=1S/C12H19FN2O2S/c1-5-12(3,4)15-18(16,17)9-6-10(13)8(2)11(14)7-9/h6-7,15H,5,14H2,1-4H3. The van der Waals surface area contributed by atoms with E-state index in [-0.39, 0.29) is 16.1 Å². The zero-order valence-electron chi connectivity index (χ0n) is 11.0. The maximum absolute atomic E-state index is 13.5. The van der Waals surface area contributed by atoms with Crippen LogP contribution in [-0.4, -0.2) is 14.0 Å². The number of benzene rings is 1. The van der Waals surface area contributed by atoms with Gasteiger partial charge >= 0.3 is 0 Å². The molecular weight excluding hydrogens is 255 g/mol. The highest BCUT2D eigenvalue weighted by Crippen LogP contribution is 2.22. The lowest BCUT2D eigenvalue weighted by molar-refractivity contribution is 0.439. The number of anilines is 1. The molecule has 4 nitrogen and oxygen atoms in total. The molecule has 0 unspecified atom stereocenters. The molecule has 3 N–H and O–H groups in total. The number of nitrogens with two attached hydrogens (primary N) is 1. The highest BCUT2D eigenvalue weighted by atomic mass is 32.2. The van der Waals surface area contributed by atoms with Gasteiger partial charge in [-0.25, -0.2) is 17.5 Å². The van der Waals surface area contributed by atoms with Gasteiger partial charge in [-0.3, -0.25) is 0 Å². The zero-order chi connectivity index (χ0) is 14.1. The first kappa shape index (κ1) is 14.9.